The van der Waals surface area contributed by atoms with Crippen molar-refractivity contribution in [2.75, 3.05) is 23.8 Å². The first-order chi connectivity index (χ1) is 19.9. The second kappa shape index (κ2) is 11.0. The Balaban J connectivity index is 1.17. The number of aliphatic hydroxyl groups excluding tert-OH is 1. The Morgan fingerprint density at radius 3 is 2.59 bits per heavy atom. The third-order valence-electron chi connectivity index (χ3n) is 7.99. The number of aromatic nitrogens is 1. The van der Waals surface area contributed by atoms with Crippen LogP contribution >= 0.6 is 11.3 Å². The SMILES string of the molecule is CCC1c2ccccc2C(O)CC1(C)C(=O)Nc1nc(-c2cccc(C(=O)Nc3ccc4c(c3)OCCO4)c2)cs1. The zero-order valence-electron chi connectivity index (χ0n) is 22.8. The fourth-order valence-corrected chi connectivity index (χ4v) is 6.61. The van der Waals surface area contributed by atoms with E-state index in [1.807, 2.05) is 42.6 Å². The van der Waals surface area contributed by atoms with Crippen molar-refractivity contribution >= 4 is 34.0 Å². The summed E-state index contributed by atoms with van der Waals surface area (Å²) in [5.41, 5.74) is 3.64. The summed E-state index contributed by atoms with van der Waals surface area (Å²) in [4.78, 5) is 31.3. The second-order valence-electron chi connectivity index (χ2n) is 10.6. The highest BCUT2D eigenvalue weighted by molar-refractivity contribution is 7.14. The Morgan fingerprint density at radius 2 is 1.78 bits per heavy atom. The Bertz CT molecular complexity index is 1620. The highest BCUT2D eigenvalue weighted by Crippen LogP contribution is 2.51. The van der Waals surface area contributed by atoms with Crippen molar-refractivity contribution in [2.24, 2.45) is 5.41 Å². The largest absolute Gasteiger partial charge is 0.486 e. The van der Waals surface area contributed by atoms with E-state index in [9.17, 15) is 14.7 Å². The molecule has 0 saturated heterocycles. The number of hydrogen-bond donors (Lipinski definition) is 3. The molecule has 8 nitrogen and oxygen atoms in total. The molecule has 1 aliphatic carbocycles. The number of nitrogens with zero attached hydrogens (tertiary/aromatic N) is 1. The molecule has 2 amide bonds. The number of anilines is 2. The van der Waals surface area contributed by atoms with Crippen molar-refractivity contribution in [3.63, 3.8) is 0 Å². The quantitative estimate of drug-likeness (QED) is 0.248. The van der Waals surface area contributed by atoms with Crippen LogP contribution in [0.1, 0.15) is 60.2 Å². The van der Waals surface area contributed by atoms with Gasteiger partial charge in [-0.3, -0.25) is 9.59 Å². The van der Waals surface area contributed by atoms with Gasteiger partial charge in [0.1, 0.15) is 13.2 Å². The van der Waals surface area contributed by atoms with Gasteiger partial charge in [0.05, 0.1) is 17.2 Å². The first-order valence-corrected chi connectivity index (χ1v) is 14.6. The summed E-state index contributed by atoms with van der Waals surface area (Å²) in [5.74, 6) is 0.816. The predicted octanol–water partition coefficient (Wildman–Crippen LogP) is 6.41. The van der Waals surface area contributed by atoms with Gasteiger partial charge in [-0.05, 0) is 54.2 Å². The van der Waals surface area contributed by atoms with Crippen molar-refractivity contribution in [1.82, 2.24) is 4.98 Å². The number of amides is 2. The van der Waals surface area contributed by atoms with E-state index in [-0.39, 0.29) is 17.7 Å². The van der Waals surface area contributed by atoms with E-state index in [2.05, 4.69) is 22.5 Å². The van der Waals surface area contributed by atoms with E-state index < -0.39 is 11.5 Å². The van der Waals surface area contributed by atoms with Gasteiger partial charge in [-0.25, -0.2) is 4.98 Å². The van der Waals surface area contributed by atoms with Crippen LogP contribution in [0.2, 0.25) is 0 Å². The highest BCUT2D eigenvalue weighted by Gasteiger charge is 2.47. The van der Waals surface area contributed by atoms with Crippen LogP contribution in [-0.2, 0) is 4.79 Å². The van der Waals surface area contributed by atoms with Gasteiger partial charge in [-0.2, -0.15) is 0 Å². The standard InChI is InChI=1S/C32H31N3O5S/c1-3-24-22-9-4-5-10-23(22)26(36)17-32(24,2)30(38)35-31-34-25(18-41-31)19-7-6-8-20(15-19)29(37)33-21-11-12-27-28(16-21)40-14-13-39-27/h4-12,15-16,18,24,26,36H,3,13-14,17H2,1-2H3,(H,33,37)(H,34,35,38). The molecule has 3 aromatic carbocycles. The van der Waals surface area contributed by atoms with Crippen molar-refractivity contribution in [2.45, 2.75) is 38.7 Å². The molecule has 2 aliphatic rings. The minimum atomic E-state index is -0.791. The molecule has 210 valence electrons. The van der Waals surface area contributed by atoms with Crippen LogP contribution in [0.5, 0.6) is 11.5 Å². The van der Waals surface area contributed by atoms with E-state index in [0.717, 1.165) is 23.1 Å². The zero-order valence-corrected chi connectivity index (χ0v) is 23.7. The van der Waals surface area contributed by atoms with Crippen LogP contribution in [-0.4, -0.2) is 35.1 Å². The smallest absolute Gasteiger partial charge is 0.255 e. The molecule has 0 fully saturated rings. The maximum atomic E-state index is 13.6. The lowest BCUT2D eigenvalue weighted by atomic mass is 9.62. The molecule has 6 rings (SSSR count). The molecule has 0 spiro atoms. The minimum absolute atomic E-state index is 0.0223. The number of rotatable bonds is 6. The summed E-state index contributed by atoms with van der Waals surface area (Å²) in [6.07, 6.45) is 0.415. The van der Waals surface area contributed by atoms with E-state index in [1.165, 1.54) is 11.3 Å². The van der Waals surface area contributed by atoms with Crippen LogP contribution in [0.25, 0.3) is 11.3 Å². The number of thiazole rings is 1. The van der Waals surface area contributed by atoms with Crippen LogP contribution in [0, 0.1) is 5.41 Å². The lowest BCUT2D eigenvalue weighted by molar-refractivity contribution is -0.129. The van der Waals surface area contributed by atoms with Crippen LogP contribution in [0.4, 0.5) is 10.8 Å². The number of nitrogens with one attached hydrogen (secondary N) is 2. The number of carbonyl (C=O) groups excluding carboxylic acids is 2. The summed E-state index contributed by atoms with van der Waals surface area (Å²) in [6.45, 7) is 4.97. The van der Waals surface area contributed by atoms with E-state index in [4.69, 9.17) is 9.47 Å². The third-order valence-corrected chi connectivity index (χ3v) is 8.75. The summed E-state index contributed by atoms with van der Waals surface area (Å²) in [6, 6.07) is 20.3. The van der Waals surface area contributed by atoms with Gasteiger partial charge in [-0.1, -0.05) is 50.2 Å². The molecule has 0 saturated carbocycles. The Labute approximate surface area is 242 Å². The normalized spacial score (nSPS) is 21.0. The molecular weight excluding hydrogens is 538 g/mol. The second-order valence-corrected chi connectivity index (χ2v) is 11.5. The molecule has 1 aromatic heterocycles. The monoisotopic (exact) mass is 569 g/mol. The average Bonchev–Trinajstić information content (AvgIpc) is 3.46. The average molecular weight is 570 g/mol. The summed E-state index contributed by atoms with van der Waals surface area (Å²) in [5, 5.41) is 19.1. The molecule has 2 heterocycles. The third kappa shape index (κ3) is 5.18. The first kappa shape index (κ1) is 27.0. The van der Waals surface area contributed by atoms with Gasteiger partial charge in [0.15, 0.2) is 16.6 Å². The fraction of sp³-hybridized carbons (Fsp3) is 0.281. The first-order valence-electron chi connectivity index (χ1n) is 13.7. The molecule has 9 heteroatoms. The van der Waals surface area contributed by atoms with Crippen molar-refractivity contribution in [3.05, 3.63) is 88.8 Å². The van der Waals surface area contributed by atoms with Gasteiger partial charge in [0.2, 0.25) is 5.91 Å². The Kier molecular flexibility index (Phi) is 7.23. The number of aliphatic hydroxyl groups is 1. The number of carbonyl (C=O) groups is 2. The van der Waals surface area contributed by atoms with Crippen molar-refractivity contribution < 1.29 is 24.2 Å². The zero-order chi connectivity index (χ0) is 28.6. The number of fused-ring (bicyclic) bond motifs is 2. The molecule has 1 aliphatic heterocycles. The number of benzene rings is 3. The summed E-state index contributed by atoms with van der Waals surface area (Å²) < 4.78 is 11.2. The lowest BCUT2D eigenvalue weighted by Gasteiger charge is -2.43. The molecule has 0 radical (unpaired) electrons. The fourth-order valence-electron chi connectivity index (χ4n) is 5.90. The summed E-state index contributed by atoms with van der Waals surface area (Å²) >= 11 is 1.33. The molecule has 3 N–H and O–H groups in total. The van der Waals surface area contributed by atoms with Gasteiger partial charge in [0, 0.05) is 28.3 Å². The van der Waals surface area contributed by atoms with Crippen molar-refractivity contribution in [3.8, 4) is 22.8 Å². The Morgan fingerprint density at radius 1 is 1.00 bits per heavy atom. The van der Waals surface area contributed by atoms with Crippen LogP contribution < -0.4 is 20.1 Å². The molecule has 0 bridgehead atoms. The lowest BCUT2D eigenvalue weighted by Crippen LogP contribution is -2.43. The number of hydrogen-bond acceptors (Lipinski definition) is 7. The maximum absolute atomic E-state index is 13.6. The highest BCUT2D eigenvalue weighted by atomic mass is 32.1. The molecule has 4 aromatic rings. The summed E-state index contributed by atoms with van der Waals surface area (Å²) in [7, 11) is 0. The van der Waals surface area contributed by atoms with Gasteiger partial charge < -0.3 is 25.2 Å². The van der Waals surface area contributed by atoms with E-state index in [1.54, 1.807) is 36.4 Å². The van der Waals surface area contributed by atoms with Crippen LogP contribution in [0.3, 0.4) is 0 Å². The Hall–Kier alpha value is -4.21. The maximum Gasteiger partial charge on any atom is 0.255 e. The van der Waals surface area contributed by atoms with Crippen LogP contribution in [0.15, 0.2) is 72.1 Å². The topological polar surface area (TPSA) is 110 Å². The van der Waals surface area contributed by atoms with E-state index in [0.29, 0.717) is 53.2 Å². The molecule has 3 atom stereocenters. The molecular formula is C32H31N3O5S. The number of ether oxygens (including phenoxy) is 2. The van der Waals surface area contributed by atoms with Gasteiger partial charge in [-0.15, -0.1) is 11.3 Å². The van der Waals surface area contributed by atoms with Gasteiger partial charge >= 0.3 is 0 Å². The molecule has 41 heavy (non-hydrogen) atoms. The van der Waals surface area contributed by atoms with E-state index >= 15 is 0 Å². The molecule has 3 unspecified atom stereocenters. The predicted molar refractivity (Wildman–Crippen MR) is 159 cm³/mol. The van der Waals surface area contributed by atoms with Crippen molar-refractivity contribution in [1.29, 1.82) is 0 Å². The van der Waals surface area contributed by atoms with Gasteiger partial charge in [0.25, 0.3) is 5.91 Å². The minimum Gasteiger partial charge on any atom is -0.486 e.